The molecular weight excluding hydrogens is 266 g/mol. The third kappa shape index (κ3) is 4.30. The average Bonchev–Trinajstić information content (AvgIpc) is 2.36. The molecule has 0 bridgehead atoms. The first-order valence-electron chi connectivity index (χ1n) is 6.89. The summed E-state index contributed by atoms with van der Waals surface area (Å²) in [5.74, 6) is 2.16. The molecule has 0 radical (unpaired) electrons. The van der Waals surface area contributed by atoms with Crippen LogP contribution in [0, 0.1) is 20.8 Å². The lowest BCUT2D eigenvalue weighted by Gasteiger charge is -2.16. The number of nitrogen functional groups attached to an aromatic ring is 1. The molecule has 6 nitrogen and oxygen atoms in total. The number of nitrogens with one attached hydrogen (secondary N) is 1. The van der Waals surface area contributed by atoms with Crippen molar-refractivity contribution in [3.8, 4) is 5.75 Å². The van der Waals surface area contributed by atoms with Gasteiger partial charge in [-0.15, -0.1) is 0 Å². The van der Waals surface area contributed by atoms with Crippen LogP contribution in [0.1, 0.15) is 23.9 Å². The van der Waals surface area contributed by atoms with Crippen LogP contribution in [0.2, 0.25) is 0 Å². The highest BCUT2D eigenvalue weighted by atomic mass is 16.5. The van der Waals surface area contributed by atoms with E-state index < -0.39 is 0 Å². The third-order valence-corrected chi connectivity index (χ3v) is 2.96. The summed E-state index contributed by atoms with van der Waals surface area (Å²) in [4.78, 5) is 12.2. The van der Waals surface area contributed by atoms with Crippen molar-refractivity contribution in [3.63, 3.8) is 0 Å². The van der Waals surface area contributed by atoms with Crippen LogP contribution < -0.4 is 15.8 Å². The number of anilines is 2. The minimum absolute atomic E-state index is 0.0481. The molecule has 0 amide bonds. The van der Waals surface area contributed by atoms with E-state index in [1.807, 2.05) is 26.0 Å². The van der Waals surface area contributed by atoms with Crippen LogP contribution in [0.15, 0.2) is 18.2 Å². The number of nitrogens with two attached hydrogens (primary N) is 1. The van der Waals surface area contributed by atoms with Gasteiger partial charge in [-0.2, -0.15) is 15.0 Å². The Morgan fingerprint density at radius 3 is 2.62 bits per heavy atom. The summed E-state index contributed by atoms with van der Waals surface area (Å²) >= 11 is 0. The van der Waals surface area contributed by atoms with E-state index >= 15 is 0 Å². The van der Waals surface area contributed by atoms with Gasteiger partial charge < -0.3 is 15.8 Å². The Labute approximate surface area is 124 Å². The molecule has 1 aromatic carbocycles. The number of aryl methyl sites for hydroxylation is 3. The molecule has 1 aromatic heterocycles. The van der Waals surface area contributed by atoms with Crippen LogP contribution in [-0.4, -0.2) is 27.6 Å². The number of benzene rings is 1. The fourth-order valence-electron chi connectivity index (χ4n) is 2.01. The van der Waals surface area contributed by atoms with E-state index in [9.17, 15) is 0 Å². The molecule has 3 N–H and O–H groups in total. The quantitative estimate of drug-likeness (QED) is 0.877. The minimum Gasteiger partial charge on any atom is -0.491 e. The molecule has 0 saturated heterocycles. The second-order valence-electron chi connectivity index (χ2n) is 5.19. The zero-order valence-corrected chi connectivity index (χ0v) is 12.8. The topological polar surface area (TPSA) is 86.0 Å². The highest BCUT2D eigenvalue weighted by Gasteiger charge is 2.08. The minimum atomic E-state index is 0.0481. The summed E-state index contributed by atoms with van der Waals surface area (Å²) in [6.07, 6.45) is 0. The molecule has 1 atom stereocenters. The van der Waals surface area contributed by atoms with Gasteiger partial charge in [-0.3, -0.25) is 0 Å². The van der Waals surface area contributed by atoms with E-state index in [0.29, 0.717) is 18.4 Å². The summed E-state index contributed by atoms with van der Waals surface area (Å²) in [5.41, 5.74) is 7.95. The van der Waals surface area contributed by atoms with E-state index in [1.165, 1.54) is 5.56 Å². The fourth-order valence-corrected chi connectivity index (χ4v) is 2.01. The Morgan fingerprint density at radius 2 is 1.95 bits per heavy atom. The summed E-state index contributed by atoms with van der Waals surface area (Å²) in [5, 5.41) is 3.16. The Balaban J connectivity index is 1.94. The van der Waals surface area contributed by atoms with Crippen molar-refractivity contribution in [2.75, 3.05) is 17.7 Å². The molecule has 0 aliphatic heterocycles. The molecule has 0 aliphatic carbocycles. The van der Waals surface area contributed by atoms with Gasteiger partial charge in [-0.1, -0.05) is 17.7 Å². The normalized spacial score (nSPS) is 12.0. The Morgan fingerprint density at radius 1 is 1.19 bits per heavy atom. The largest absolute Gasteiger partial charge is 0.491 e. The standard InChI is InChI=1S/C15H21N5O/c1-9-5-6-13(10(2)7-9)21-8-11(3)17-15-19-12(4)18-14(16)20-15/h5-7,11H,8H2,1-4H3,(H3,16,17,18,19,20). The molecule has 0 fully saturated rings. The van der Waals surface area contributed by atoms with Crippen LogP contribution in [0.25, 0.3) is 0 Å². The lowest BCUT2D eigenvalue weighted by Crippen LogP contribution is -2.25. The first kappa shape index (κ1) is 15.0. The van der Waals surface area contributed by atoms with Gasteiger partial charge >= 0.3 is 0 Å². The van der Waals surface area contributed by atoms with Crippen molar-refractivity contribution in [1.82, 2.24) is 15.0 Å². The summed E-state index contributed by atoms with van der Waals surface area (Å²) in [6.45, 7) is 8.39. The fraction of sp³-hybridized carbons (Fsp3) is 0.400. The van der Waals surface area contributed by atoms with Gasteiger partial charge in [-0.05, 0) is 39.3 Å². The molecule has 0 saturated carbocycles. The zero-order chi connectivity index (χ0) is 15.4. The van der Waals surface area contributed by atoms with E-state index in [1.54, 1.807) is 6.92 Å². The maximum atomic E-state index is 5.82. The molecular formula is C15H21N5O. The second-order valence-corrected chi connectivity index (χ2v) is 5.19. The van der Waals surface area contributed by atoms with Crippen LogP contribution in [0.3, 0.4) is 0 Å². The molecule has 1 heterocycles. The maximum absolute atomic E-state index is 5.82. The number of rotatable bonds is 5. The van der Waals surface area contributed by atoms with E-state index in [-0.39, 0.29) is 12.0 Å². The summed E-state index contributed by atoms with van der Waals surface area (Å²) in [6, 6.07) is 6.18. The highest BCUT2D eigenvalue weighted by molar-refractivity contribution is 5.36. The molecule has 2 rings (SSSR count). The zero-order valence-electron chi connectivity index (χ0n) is 12.8. The van der Waals surface area contributed by atoms with E-state index in [0.717, 1.165) is 11.3 Å². The van der Waals surface area contributed by atoms with Crippen molar-refractivity contribution in [2.24, 2.45) is 0 Å². The Hall–Kier alpha value is -2.37. The third-order valence-electron chi connectivity index (χ3n) is 2.96. The van der Waals surface area contributed by atoms with Crippen LogP contribution in [0.4, 0.5) is 11.9 Å². The molecule has 1 unspecified atom stereocenters. The van der Waals surface area contributed by atoms with Gasteiger partial charge in [0.05, 0.1) is 6.04 Å². The first-order valence-corrected chi connectivity index (χ1v) is 6.89. The van der Waals surface area contributed by atoms with Gasteiger partial charge in [0, 0.05) is 0 Å². The number of nitrogens with zero attached hydrogens (tertiary/aromatic N) is 3. The lowest BCUT2D eigenvalue weighted by molar-refractivity contribution is 0.301. The Kier molecular flexibility index (Phi) is 4.57. The van der Waals surface area contributed by atoms with Gasteiger partial charge in [-0.25, -0.2) is 0 Å². The molecule has 0 spiro atoms. The number of aromatic nitrogens is 3. The van der Waals surface area contributed by atoms with Crippen molar-refractivity contribution in [1.29, 1.82) is 0 Å². The van der Waals surface area contributed by atoms with Crippen molar-refractivity contribution >= 4 is 11.9 Å². The van der Waals surface area contributed by atoms with Crippen molar-refractivity contribution in [3.05, 3.63) is 35.2 Å². The van der Waals surface area contributed by atoms with E-state index in [2.05, 4.69) is 33.3 Å². The monoisotopic (exact) mass is 287 g/mol. The van der Waals surface area contributed by atoms with Crippen LogP contribution >= 0.6 is 0 Å². The molecule has 0 aliphatic rings. The SMILES string of the molecule is Cc1ccc(OCC(C)Nc2nc(C)nc(N)n2)c(C)c1. The van der Waals surface area contributed by atoms with Crippen LogP contribution in [0.5, 0.6) is 5.75 Å². The van der Waals surface area contributed by atoms with Crippen molar-refractivity contribution < 1.29 is 4.74 Å². The first-order chi connectivity index (χ1) is 9.94. The van der Waals surface area contributed by atoms with Crippen molar-refractivity contribution in [2.45, 2.75) is 33.7 Å². The van der Waals surface area contributed by atoms with E-state index in [4.69, 9.17) is 10.5 Å². The van der Waals surface area contributed by atoms with Gasteiger partial charge in [0.15, 0.2) is 0 Å². The molecule has 112 valence electrons. The Bertz CT molecular complexity index is 609. The number of hydrogen-bond donors (Lipinski definition) is 2. The molecule has 2 aromatic rings. The number of hydrogen-bond acceptors (Lipinski definition) is 6. The number of ether oxygens (including phenoxy) is 1. The predicted octanol–water partition coefficient (Wildman–Crippen LogP) is 2.26. The lowest BCUT2D eigenvalue weighted by atomic mass is 10.1. The molecule has 6 heteroatoms. The van der Waals surface area contributed by atoms with Gasteiger partial charge in [0.25, 0.3) is 0 Å². The summed E-state index contributed by atoms with van der Waals surface area (Å²) < 4.78 is 5.82. The summed E-state index contributed by atoms with van der Waals surface area (Å²) in [7, 11) is 0. The maximum Gasteiger partial charge on any atom is 0.228 e. The second kappa shape index (κ2) is 6.39. The van der Waals surface area contributed by atoms with Gasteiger partial charge in [0.1, 0.15) is 18.2 Å². The van der Waals surface area contributed by atoms with Gasteiger partial charge in [0.2, 0.25) is 11.9 Å². The van der Waals surface area contributed by atoms with Crippen LogP contribution in [-0.2, 0) is 0 Å². The molecule has 21 heavy (non-hydrogen) atoms. The highest BCUT2D eigenvalue weighted by Crippen LogP contribution is 2.19. The average molecular weight is 287 g/mol. The smallest absolute Gasteiger partial charge is 0.228 e. The predicted molar refractivity (Wildman–Crippen MR) is 83.5 cm³/mol.